The van der Waals surface area contributed by atoms with E-state index in [0.29, 0.717) is 5.56 Å². The fraction of sp³-hybridized carbons (Fsp3) is 0.545. The second-order valence-electron chi connectivity index (χ2n) is 7.04. The van der Waals surface area contributed by atoms with Crippen molar-refractivity contribution in [3.05, 3.63) is 48.6 Å². The van der Waals surface area contributed by atoms with Crippen LogP contribution in [0.1, 0.15) is 23.7 Å². The molecule has 8 nitrogen and oxygen atoms in total. The Balaban J connectivity index is 2.31. The third-order valence-corrected chi connectivity index (χ3v) is 4.84. The molecule has 0 bridgehead atoms. The van der Waals surface area contributed by atoms with E-state index in [1.54, 1.807) is 36.4 Å². The van der Waals surface area contributed by atoms with E-state index in [2.05, 4.69) is 6.58 Å². The van der Waals surface area contributed by atoms with Crippen molar-refractivity contribution in [2.75, 3.05) is 27.9 Å². The van der Waals surface area contributed by atoms with Crippen LogP contribution in [0.25, 0.3) is 0 Å². The van der Waals surface area contributed by atoms with Gasteiger partial charge < -0.3 is 28.4 Å². The average Bonchev–Trinajstić information content (AvgIpc) is 2.75. The molecule has 30 heavy (non-hydrogen) atoms. The molecule has 0 saturated carbocycles. The van der Waals surface area contributed by atoms with Crippen LogP contribution in [0.4, 0.5) is 0 Å². The molecule has 1 aliphatic heterocycles. The molecule has 1 aromatic rings. The summed E-state index contributed by atoms with van der Waals surface area (Å²) in [7, 11) is 4.39. The summed E-state index contributed by atoms with van der Waals surface area (Å²) in [6.45, 7) is 5.63. The van der Waals surface area contributed by atoms with E-state index in [4.69, 9.17) is 28.4 Å². The third-order valence-electron chi connectivity index (χ3n) is 4.84. The zero-order valence-electron chi connectivity index (χ0n) is 17.8. The predicted octanol–water partition coefficient (Wildman–Crippen LogP) is 2.37. The Labute approximate surface area is 177 Å². The third kappa shape index (κ3) is 6.12. The minimum absolute atomic E-state index is 0.0725. The van der Waals surface area contributed by atoms with Crippen LogP contribution in [0.15, 0.2) is 43.0 Å². The summed E-state index contributed by atoms with van der Waals surface area (Å²) in [4.78, 5) is 25.2. The van der Waals surface area contributed by atoms with Gasteiger partial charge in [0.1, 0.15) is 12.2 Å². The van der Waals surface area contributed by atoms with Gasteiger partial charge in [0.15, 0.2) is 18.5 Å². The highest BCUT2D eigenvalue weighted by Crippen LogP contribution is 2.30. The number of hydrogen-bond acceptors (Lipinski definition) is 8. The van der Waals surface area contributed by atoms with Crippen molar-refractivity contribution in [1.82, 2.24) is 0 Å². The molecule has 0 unspecified atom stereocenters. The summed E-state index contributed by atoms with van der Waals surface area (Å²) < 4.78 is 33.4. The summed E-state index contributed by atoms with van der Waals surface area (Å²) in [5.41, 5.74) is 0.363. The fourth-order valence-electron chi connectivity index (χ4n) is 3.20. The summed E-state index contributed by atoms with van der Waals surface area (Å²) in [6.07, 6.45) is -2.49. The van der Waals surface area contributed by atoms with Gasteiger partial charge in [-0.1, -0.05) is 31.2 Å². The van der Waals surface area contributed by atoms with E-state index < -0.39 is 42.6 Å². The molecular formula is C22H30O8. The van der Waals surface area contributed by atoms with E-state index in [9.17, 15) is 9.59 Å². The number of rotatable bonds is 10. The van der Waals surface area contributed by atoms with Gasteiger partial charge in [-0.25, -0.2) is 4.79 Å². The molecule has 0 aliphatic carbocycles. The molecule has 0 radical (unpaired) electrons. The molecule has 0 amide bonds. The van der Waals surface area contributed by atoms with Crippen molar-refractivity contribution in [3.63, 3.8) is 0 Å². The summed E-state index contributed by atoms with van der Waals surface area (Å²) in [5, 5.41) is 0. The molecule has 0 aromatic heterocycles. The number of esters is 2. The first-order valence-electron chi connectivity index (χ1n) is 9.73. The maximum atomic E-state index is 12.7. The monoisotopic (exact) mass is 422 g/mol. The van der Waals surface area contributed by atoms with Gasteiger partial charge in [-0.15, -0.1) is 6.58 Å². The van der Waals surface area contributed by atoms with Crippen molar-refractivity contribution in [1.29, 1.82) is 0 Å². The lowest BCUT2D eigenvalue weighted by Crippen LogP contribution is -2.62. The molecule has 1 heterocycles. The standard InChI is InChI=1S/C22H30O8/c1-6-14(2)12-17(23)29-19-18(30-21(24)15-10-8-7-9-11-15)16(13-25-3)28-22(27-5)20(19)26-4/h6-11,14,16,18-20,22H,1,12-13H2,2-5H3/t14-,16+,18-,19-,20+,22-/m0/s1. The number of hydrogen-bond donors (Lipinski definition) is 0. The molecule has 1 saturated heterocycles. The highest BCUT2D eigenvalue weighted by molar-refractivity contribution is 5.89. The van der Waals surface area contributed by atoms with Crippen molar-refractivity contribution in [2.45, 2.75) is 44.1 Å². The van der Waals surface area contributed by atoms with Crippen LogP contribution in [-0.4, -0.2) is 70.6 Å². The van der Waals surface area contributed by atoms with Gasteiger partial charge in [0.2, 0.25) is 0 Å². The van der Waals surface area contributed by atoms with E-state index in [0.717, 1.165) is 0 Å². The Morgan fingerprint density at radius 2 is 1.77 bits per heavy atom. The van der Waals surface area contributed by atoms with Gasteiger partial charge >= 0.3 is 11.9 Å². The van der Waals surface area contributed by atoms with E-state index in [1.165, 1.54) is 21.3 Å². The van der Waals surface area contributed by atoms with Gasteiger partial charge in [-0.2, -0.15) is 0 Å². The van der Waals surface area contributed by atoms with Crippen LogP contribution in [0, 0.1) is 5.92 Å². The van der Waals surface area contributed by atoms with Crippen LogP contribution in [0.2, 0.25) is 0 Å². The number of carbonyl (C=O) groups is 2. The molecular weight excluding hydrogens is 392 g/mol. The lowest BCUT2D eigenvalue weighted by atomic mass is 9.98. The van der Waals surface area contributed by atoms with Gasteiger partial charge in [0.05, 0.1) is 18.6 Å². The number of ether oxygens (including phenoxy) is 6. The largest absolute Gasteiger partial charge is 0.455 e. The second kappa shape index (κ2) is 11.8. The van der Waals surface area contributed by atoms with Crippen LogP contribution in [0.3, 0.4) is 0 Å². The van der Waals surface area contributed by atoms with E-state index in [-0.39, 0.29) is 18.9 Å². The molecule has 1 aromatic carbocycles. The normalized spacial score (nSPS) is 27.1. The quantitative estimate of drug-likeness (QED) is 0.419. The Bertz CT molecular complexity index is 692. The van der Waals surface area contributed by atoms with E-state index >= 15 is 0 Å². The Morgan fingerprint density at radius 1 is 1.07 bits per heavy atom. The van der Waals surface area contributed by atoms with Crippen LogP contribution >= 0.6 is 0 Å². The van der Waals surface area contributed by atoms with Crippen LogP contribution in [-0.2, 0) is 33.2 Å². The average molecular weight is 422 g/mol. The number of allylic oxidation sites excluding steroid dienone is 1. The fourth-order valence-corrected chi connectivity index (χ4v) is 3.20. The number of methoxy groups -OCH3 is 3. The molecule has 0 spiro atoms. The van der Waals surface area contributed by atoms with E-state index in [1.807, 2.05) is 6.92 Å². The van der Waals surface area contributed by atoms with Crippen molar-refractivity contribution >= 4 is 11.9 Å². The zero-order valence-corrected chi connectivity index (χ0v) is 17.8. The van der Waals surface area contributed by atoms with Crippen molar-refractivity contribution in [2.24, 2.45) is 5.92 Å². The van der Waals surface area contributed by atoms with Crippen LogP contribution in [0.5, 0.6) is 0 Å². The highest BCUT2D eigenvalue weighted by atomic mass is 16.7. The Hall–Kier alpha value is -2.26. The molecule has 1 aliphatic rings. The molecule has 6 atom stereocenters. The SMILES string of the molecule is C=C[C@H](C)CC(=O)O[C@H]1[C@@H](OC(=O)c2ccccc2)[C@@H](COC)O[C@H](OC)[C@@H]1OC. The van der Waals surface area contributed by atoms with Gasteiger partial charge in [-0.3, -0.25) is 4.79 Å². The number of carbonyl (C=O) groups excluding carboxylic acids is 2. The Kier molecular flexibility index (Phi) is 9.45. The summed E-state index contributed by atoms with van der Waals surface area (Å²) >= 11 is 0. The minimum atomic E-state index is -0.961. The molecule has 166 valence electrons. The predicted molar refractivity (Wildman–Crippen MR) is 108 cm³/mol. The minimum Gasteiger partial charge on any atom is -0.455 e. The molecule has 1 fully saturated rings. The van der Waals surface area contributed by atoms with Gasteiger partial charge in [0, 0.05) is 21.3 Å². The molecule has 2 rings (SSSR count). The lowest BCUT2D eigenvalue weighted by molar-refractivity contribution is -0.302. The zero-order chi connectivity index (χ0) is 22.1. The maximum absolute atomic E-state index is 12.7. The second-order valence-corrected chi connectivity index (χ2v) is 7.04. The van der Waals surface area contributed by atoms with Gasteiger partial charge in [-0.05, 0) is 18.1 Å². The molecule has 0 N–H and O–H groups in total. The van der Waals surface area contributed by atoms with Crippen LogP contribution < -0.4 is 0 Å². The highest BCUT2D eigenvalue weighted by Gasteiger charge is 2.51. The summed E-state index contributed by atoms with van der Waals surface area (Å²) in [5.74, 6) is -1.11. The first kappa shape index (κ1) is 24.0. The summed E-state index contributed by atoms with van der Waals surface area (Å²) in [6, 6.07) is 8.52. The molecule has 8 heteroatoms. The van der Waals surface area contributed by atoms with Crippen molar-refractivity contribution < 1.29 is 38.0 Å². The lowest BCUT2D eigenvalue weighted by Gasteiger charge is -2.44. The van der Waals surface area contributed by atoms with Crippen molar-refractivity contribution in [3.8, 4) is 0 Å². The maximum Gasteiger partial charge on any atom is 0.338 e. The smallest absolute Gasteiger partial charge is 0.338 e. The number of benzene rings is 1. The Morgan fingerprint density at radius 3 is 2.33 bits per heavy atom. The first-order valence-corrected chi connectivity index (χ1v) is 9.73. The topological polar surface area (TPSA) is 89.5 Å². The first-order chi connectivity index (χ1) is 14.4. The van der Waals surface area contributed by atoms with Gasteiger partial charge in [0.25, 0.3) is 0 Å².